The standard InChI is InChI=1S/C22H22N2O2S2/c1-3-26-17-9-5-4-8-16(17)24-21(25)20-15-7-6-10-18(15)28-22(20)23-13-19-14(2)11-12-27-19/h4-5,8-9,11-13H,3,6-7,10H2,1-2H3,(H,24,25)/b23-13+. The molecule has 0 bridgehead atoms. The molecule has 2 aromatic heterocycles. The number of ether oxygens (including phenoxy) is 1. The number of thiophene rings is 2. The van der Waals surface area contributed by atoms with E-state index in [0.29, 0.717) is 23.6 Å². The van der Waals surface area contributed by atoms with Crippen molar-refractivity contribution in [2.45, 2.75) is 33.1 Å². The molecule has 4 rings (SSSR count). The van der Waals surface area contributed by atoms with Gasteiger partial charge in [-0.15, -0.1) is 22.7 Å². The second-order valence-electron chi connectivity index (χ2n) is 6.65. The van der Waals surface area contributed by atoms with Crippen LogP contribution in [-0.4, -0.2) is 18.7 Å². The number of carbonyl (C=O) groups excluding carboxylic acids is 1. The molecule has 144 valence electrons. The van der Waals surface area contributed by atoms with E-state index < -0.39 is 0 Å². The maximum atomic E-state index is 13.2. The molecule has 0 saturated carbocycles. The molecule has 4 nitrogen and oxygen atoms in total. The van der Waals surface area contributed by atoms with Gasteiger partial charge in [0.25, 0.3) is 5.91 Å². The van der Waals surface area contributed by atoms with Crippen LogP contribution in [0.25, 0.3) is 0 Å². The van der Waals surface area contributed by atoms with Crippen LogP contribution in [0.1, 0.15) is 44.6 Å². The van der Waals surface area contributed by atoms with Crippen LogP contribution >= 0.6 is 22.7 Å². The average Bonchev–Trinajstić information content (AvgIpc) is 3.37. The maximum absolute atomic E-state index is 13.2. The summed E-state index contributed by atoms with van der Waals surface area (Å²) in [4.78, 5) is 20.3. The van der Waals surface area contributed by atoms with Crippen LogP contribution in [0, 0.1) is 6.92 Å². The molecule has 1 amide bonds. The van der Waals surface area contributed by atoms with Crippen LogP contribution in [0.4, 0.5) is 10.7 Å². The Hall–Kier alpha value is -2.44. The summed E-state index contributed by atoms with van der Waals surface area (Å²) in [6.45, 7) is 4.56. The number of benzene rings is 1. The van der Waals surface area contributed by atoms with E-state index in [2.05, 4.69) is 23.7 Å². The number of hydrogen-bond donors (Lipinski definition) is 1. The van der Waals surface area contributed by atoms with Crippen LogP contribution in [0.15, 0.2) is 40.7 Å². The Bertz CT molecular complexity index is 1030. The predicted molar refractivity (Wildman–Crippen MR) is 118 cm³/mol. The topological polar surface area (TPSA) is 50.7 Å². The van der Waals surface area contributed by atoms with Crippen molar-refractivity contribution in [1.29, 1.82) is 0 Å². The van der Waals surface area contributed by atoms with Crippen molar-refractivity contribution in [3.8, 4) is 5.75 Å². The van der Waals surface area contributed by atoms with Gasteiger partial charge in [0.2, 0.25) is 0 Å². The first kappa shape index (κ1) is 18.9. The summed E-state index contributed by atoms with van der Waals surface area (Å²) in [5.41, 5.74) is 3.77. The van der Waals surface area contributed by atoms with E-state index in [1.807, 2.05) is 37.4 Å². The molecule has 0 atom stereocenters. The number of aryl methyl sites for hydroxylation is 2. The number of rotatable bonds is 6. The van der Waals surface area contributed by atoms with Crippen molar-refractivity contribution in [2.75, 3.05) is 11.9 Å². The number of carbonyl (C=O) groups is 1. The predicted octanol–water partition coefficient (Wildman–Crippen LogP) is 6.01. The Labute approximate surface area is 172 Å². The van der Waals surface area contributed by atoms with Gasteiger partial charge in [-0.1, -0.05) is 12.1 Å². The average molecular weight is 411 g/mol. The third-order valence-corrected chi connectivity index (χ3v) is 6.92. The molecule has 1 aliphatic rings. The lowest BCUT2D eigenvalue weighted by molar-refractivity contribution is 0.102. The van der Waals surface area contributed by atoms with Gasteiger partial charge in [0.1, 0.15) is 10.8 Å². The van der Waals surface area contributed by atoms with Crippen LogP contribution in [-0.2, 0) is 12.8 Å². The SMILES string of the molecule is CCOc1ccccc1NC(=O)c1c(/N=C/c2sccc2C)sc2c1CCC2. The molecule has 0 aliphatic heterocycles. The number of fused-ring (bicyclic) bond motifs is 1. The summed E-state index contributed by atoms with van der Waals surface area (Å²) >= 11 is 3.31. The maximum Gasteiger partial charge on any atom is 0.259 e. The number of amides is 1. The lowest BCUT2D eigenvalue weighted by atomic mass is 10.1. The monoisotopic (exact) mass is 410 g/mol. The largest absolute Gasteiger partial charge is 0.492 e. The third-order valence-electron chi connectivity index (χ3n) is 4.77. The van der Waals surface area contributed by atoms with Crippen molar-refractivity contribution >= 4 is 45.5 Å². The molecule has 2 heterocycles. The van der Waals surface area contributed by atoms with E-state index in [0.717, 1.165) is 34.7 Å². The van der Waals surface area contributed by atoms with E-state index in [-0.39, 0.29) is 5.91 Å². The van der Waals surface area contributed by atoms with Crippen molar-refractivity contribution in [3.63, 3.8) is 0 Å². The zero-order valence-electron chi connectivity index (χ0n) is 16.0. The van der Waals surface area contributed by atoms with E-state index in [1.54, 1.807) is 22.7 Å². The van der Waals surface area contributed by atoms with Gasteiger partial charge in [0.15, 0.2) is 0 Å². The minimum Gasteiger partial charge on any atom is -0.492 e. The summed E-state index contributed by atoms with van der Waals surface area (Å²) in [6.07, 6.45) is 4.95. The Morgan fingerprint density at radius 3 is 2.93 bits per heavy atom. The zero-order chi connectivity index (χ0) is 19.5. The van der Waals surface area contributed by atoms with E-state index in [1.165, 1.54) is 10.4 Å². The van der Waals surface area contributed by atoms with Crippen LogP contribution in [0.5, 0.6) is 5.75 Å². The Kier molecular flexibility index (Phi) is 5.59. The smallest absolute Gasteiger partial charge is 0.259 e. The van der Waals surface area contributed by atoms with Gasteiger partial charge in [0, 0.05) is 16.0 Å². The number of aliphatic imine (C=N–C) groups is 1. The molecule has 0 spiro atoms. The molecule has 1 aliphatic carbocycles. The fourth-order valence-electron chi connectivity index (χ4n) is 3.39. The van der Waals surface area contributed by atoms with Crippen LogP contribution in [0.3, 0.4) is 0 Å². The van der Waals surface area contributed by atoms with Crippen LogP contribution in [0.2, 0.25) is 0 Å². The van der Waals surface area contributed by atoms with Crippen molar-refractivity contribution in [2.24, 2.45) is 4.99 Å². The summed E-state index contributed by atoms with van der Waals surface area (Å²) in [6, 6.07) is 9.62. The molecule has 1 N–H and O–H groups in total. The second-order valence-corrected chi connectivity index (χ2v) is 8.68. The fourth-order valence-corrected chi connectivity index (χ4v) is 5.40. The van der Waals surface area contributed by atoms with E-state index >= 15 is 0 Å². The Morgan fingerprint density at radius 2 is 2.14 bits per heavy atom. The van der Waals surface area contributed by atoms with Gasteiger partial charge in [-0.05, 0) is 67.8 Å². The minimum absolute atomic E-state index is 0.110. The highest BCUT2D eigenvalue weighted by atomic mass is 32.1. The summed E-state index contributed by atoms with van der Waals surface area (Å²) in [7, 11) is 0. The van der Waals surface area contributed by atoms with E-state index in [4.69, 9.17) is 9.73 Å². The minimum atomic E-state index is -0.110. The highest BCUT2D eigenvalue weighted by molar-refractivity contribution is 7.16. The number of anilines is 1. The van der Waals surface area contributed by atoms with Gasteiger partial charge in [-0.25, -0.2) is 4.99 Å². The molecule has 1 aromatic carbocycles. The summed E-state index contributed by atoms with van der Waals surface area (Å²) in [5.74, 6) is 0.575. The van der Waals surface area contributed by atoms with Gasteiger partial charge < -0.3 is 10.1 Å². The molecule has 0 unspecified atom stereocenters. The third kappa shape index (κ3) is 3.75. The van der Waals surface area contributed by atoms with Crippen molar-refractivity contribution in [3.05, 3.63) is 62.2 Å². The molecule has 0 radical (unpaired) electrons. The Balaban J connectivity index is 1.66. The highest BCUT2D eigenvalue weighted by Crippen LogP contribution is 2.41. The normalized spacial score (nSPS) is 13.1. The highest BCUT2D eigenvalue weighted by Gasteiger charge is 2.27. The second kappa shape index (κ2) is 8.29. The van der Waals surface area contributed by atoms with Crippen molar-refractivity contribution in [1.82, 2.24) is 0 Å². The zero-order valence-corrected chi connectivity index (χ0v) is 17.6. The first-order chi connectivity index (χ1) is 13.7. The quantitative estimate of drug-likeness (QED) is 0.506. The molecule has 6 heteroatoms. The first-order valence-electron chi connectivity index (χ1n) is 9.43. The fraction of sp³-hybridized carbons (Fsp3) is 0.273. The van der Waals surface area contributed by atoms with Gasteiger partial charge in [-0.3, -0.25) is 4.79 Å². The molecular formula is C22H22N2O2S2. The number of nitrogens with zero attached hydrogens (tertiary/aromatic N) is 1. The van der Waals surface area contributed by atoms with Gasteiger partial charge >= 0.3 is 0 Å². The molecule has 28 heavy (non-hydrogen) atoms. The lowest BCUT2D eigenvalue weighted by Gasteiger charge is -2.11. The van der Waals surface area contributed by atoms with Crippen molar-refractivity contribution < 1.29 is 9.53 Å². The molecule has 3 aromatic rings. The summed E-state index contributed by atoms with van der Waals surface area (Å²) < 4.78 is 5.65. The summed E-state index contributed by atoms with van der Waals surface area (Å²) in [5, 5.41) is 5.90. The molecular weight excluding hydrogens is 388 g/mol. The Morgan fingerprint density at radius 1 is 1.29 bits per heavy atom. The number of nitrogens with one attached hydrogen (secondary N) is 1. The lowest BCUT2D eigenvalue weighted by Crippen LogP contribution is -2.14. The van der Waals surface area contributed by atoms with Crippen LogP contribution < -0.4 is 10.1 Å². The number of hydrogen-bond acceptors (Lipinski definition) is 5. The van der Waals surface area contributed by atoms with Gasteiger partial charge in [0.05, 0.1) is 17.9 Å². The van der Waals surface area contributed by atoms with Gasteiger partial charge in [-0.2, -0.15) is 0 Å². The van der Waals surface area contributed by atoms with E-state index in [9.17, 15) is 4.79 Å². The number of para-hydroxylation sites is 2. The molecule has 0 saturated heterocycles. The first-order valence-corrected chi connectivity index (χ1v) is 11.1. The molecule has 0 fully saturated rings.